The fourth-order valence-electron chi connectivity index (χ4n) is 3.74. The minimum atomic E-state index is -0.0852. The number of aromatic nitrogens is 2. The van der Waals surface area contributed by atoms with Gasteiger partial charge in [0.2, 0.25) is 11.8 Å². The number of aryl methyl sites for hydroxylation is 1. The highest BCUT2D eigenvalue weighted by Gasteiger charge is 2.27. The smallest absolute Gasteiger partial charge is 0.228 e. The number of nitrogens with zero attached hydrogens (tertiary/aromatic N) is 3. The van der Waals surface area contributed by atoms with Gasteiger partial charge in [-0.1, -0.05) is 18.2 Å². The number of piperidine rings is 1. The number of carbonyl (C=O) groups excluding carboxylic acids is 2. The molecule has 1 aromatic carbocycles. The summed E-state index contributed by atoms with van der Waals surface area (Å²) in [6, 6.07) is 15.8. The highest BCUT2D eigenvalue weighted by atomic mass is 16.2. The zero-order valence-electron chi connectivity index (χ0n) is 17.1. The molecule has 0 aliphatic carbocycles. The lowest BCUT2D eigenvalue weighted by atomic mass is 9.95. The Hall–Kier alpha value is -3.41. The van der Waals surface area contributed by atoms with Crippen molar-refractivity contribution < 1.29 is 9.59 Å². The van der Waals surface area contributed by atoms with E-state index in [1.165, 1.54) is 0 Å². The van der Waals surface area contributed by atoms with Crippen molar-refractivity contribution >= 4 is 17.6 Å². The summed E-state index contributed by atoms with van der Waals surface area (Å²) in [4.78, 5) is 31.3. The van der Waals surface area contributed by atoms with Crippen LogP contribution in [0.15, 0.2) is 67.1 Å². The third-order valence-corrected chi connectivity index (χ3v) is 5.58. The molecule has 0 radical (unpaired) electrons. The average molecular weight is 402 g/mol. The summed E-state index contributed by atoms with van der Waals surface area (Å²) < 4.78 is 2.04. The molecule has 0 saturated carbocycles. The van der Waals surface area contributed by atoms with Crippen molar-refractivity contribution in [2.75, 3.05) is 18.4 Å². The summed E-state index contributed by atoms with van der Waals surface area (Å²) in [7, 11) is 0. The van der Waals surface area contributed by atoms with Crippen LogP contribution in [0.25, 0.3) is 5.69 Å². The standard InChI is InChI=1S/C24H26N4O2/c1-18-4-9-22(25-17-18)26-24(30)20-10-14-28(15-11-20)23(29)16-19-5-7-21(8-6-19)27-12-2-3-13-27/h2-9,12-13,17,20H,10-11,14-16H2,1H3,(H,25,26,30). The van der Waals surface area contributed by atoms with Gasteiger partial charge in [-0.2, -0.15) is 0 Å². The van der Waals surface area contributed by atoms with Crippen LogP contribution in [-0.4, -0.2) is 39.4 Å². The third kappa shape index (κ3) is 4.76. The molecule has 154 valence electrons. The monoisotopic (exact) mass is 402 g/mol. The fourth-order valence-corrected chi connectivity index (χ4v) is 3.74. The second-order valence-electron chi connectivity index (χ2n) is 7.80. The van der Waals surface area contributed by atoms with Crippen LogP contribution in [0.4, 0.5) is 5.82 Å². The highest BCUT2D eigenvalue weighted by molar-refractivity contribution is 5.92. The van der Waals surface area contributed by atoms with Crippen molar-refractivity contribution in [2.24, 2.45) is 5.92 Å². The van der Waals surface area contributed by atoms with Crippen molar-refractivity contribution in [1.29, 1.82) is 0 Å². The summed E-state index contributed by atoms with van der Waals surface area (Å²) in [6.45, 7) is 3.18. The van der Waals surface area contributed by atoms with Gasteiger partial charge in [-0.3, -0.25) is 9.59 Å². The molecule has 1 aliphatic heterocycles. The minimum Gasteiger partial charge on any atom is -0.342 e. The summed E-state index contributed by atoms with van der Waals surface area (Å²) in [5.74, 6) is 0.590. The van der Waals surface area contributed by atoms with Gasteiger partial charge in [-0.25, -0.2) is 4.98 Å². The van der Waals surface area contributed by atoms with E-state index >= 15 is 0 Å². The van der Waals surface area contributed by atoms with Crippen LogP contribution in [0.5, 0.6) is 0 Å². The van der Waals surface area contributed by atoms with Gasteiger partial charge in [0.05, 0.1) is 6.42 Å². The number of amides is 2. The number of benzene rings is 1. The first-order valence-corrected chi connectivity index (χ1v) is 10.3. The molecule has 0 atom stereocenters. The Bertz CT molecular complexity index is 987. The number of hydrogen-bond donors (Lipinski definition) is 1. The predicted molar refractivity (Wildman–Crippen MR) is 116 cm³/mol. The molecular weight excluding hydrogens is 376 g/mol. The zero-order chi connectivity index (χ0) is 20.9. The van der Waals surface area contributed by atoms with Crippen LogP contribution < -0.4 is 5.32 Å². The number of hydrogen-bond acceptors (Lipinski definition) is 3. The lowest BCUT2D eigenvalue weighted by Crippen LogP contribution is -2.42. The van der Waals surface area contributed by atoms with Crippen LogP contribution in [0.2, 0.25) is 0 Å². The Balaban J connectivity index is 1.26. The molecule has 4 rings (SSSR count). The van der Waals surface area contributed by atoms with E-state index in [0.29, 0.717) is 38.2 Å². The Morgan fingerprint density at radius 2 is 1.73 bits per heavy atom. The van der Waals surface area contributed by atoms with Gasteiger partial charge < -0.3 is 14.8 Å². The van der Waals surface area contributed by atoms with Crippen LogP contribution in [0.1, 0.15) is 24.0 Å². The lowest BCUT2D eigenvalue weighted by Gasteiger charge is -2.31. The lowest BCUT2D eigenvalue weighted by molar-refractivity contribution is -0.133. The maximum atomic E-state index is 12.7. The molecule has 2 amide bonds. The van der Waals surface area contributed by atoms with Crippen molar-refractivity contribution in [3.05, 3.63) is 78.2 Å². The number of likely N-dealkylation sites (tertiary alicyclic amines) is 1. The van der Waals surface area contributed by atoms with Crippen LogP contribution >= 0.6 is 0 Å². The predicted octanol–water partition coefficient (Wildman–Crippen LogP) is 3.60. The normalized spacial score (nSPS) is 14.5. The minimum absolute atomic E-state index is 0.0148. The van der Waals surface area contributed by atoms with E-state index in [-0.39, 0.29) is 17.7 Å². The molecule has 6 heteroatoms. The van der Waals surface area contributed by atoms with Gasteiger partial charge in [0.25, 0.3) is 0 Å². The zero-order valence-corrected chi connectivity index (χ0v) is 17.1. The van der Waals surface area contributed by atoms with Crippen LogP contribution in [0, 0.1) is 12.8 Å². The highest BCUT2D eigenvalue weighted by Crippen LogP contribution is 2.20. The van der Waals surface area contributed by atoms with Gasteiger partial charge in [0.1, 0.15) is 5.82 Å². The van der Waals surface area contributed by atoms with Crippen molar-refractivity contribution in [2.45, 2.75) is 26.2 Å². The Labute approximate surface area is 176 Å². The third-order valence-electron chi connectivity index (χ3n) is 5.58. The molecule has 2 aromatic heterocycles. The quantitative estimate of drug-likeness (QED) is 0.709. The number of nitrogens with one attached hydrogen (secondary N) is 1. The van der Waals surface area contributed by atoms with E-state index in [9.17, 15) is 9.59 Å². The van der Waals surface area contributed by atoms with E-state index in [1.807, 2.05) is 77.3 Å². The molecule has 0 unspecified atom stereocenters. The first-order chi connectivity index (χ1) is 14.6. The van der Waals surface area contributed by atoms with E-state index in [0.717, 1.165) is 16.8 Å². The molecule has 6 nitrogen and oxygen atoms in total. The summed E-state index contributed by atoms with van der Waals surface area (Å²) in [6.07, 6.45) is 7.47. The van der Waals surface area contributed by atoms with Crippen molar-refractivity contribution in [3.63, 3.8) is 0 Å². The van der Waals surface area contributed by atoms with E-state index in [2.05, 4.69) is 10.3 Å². The molecular formula is C24H26N4O2. The summed E-state index contributed by atoms with van der Waals surface area (Å²) in [5, 5.41) is 2.88. The molecule has 3 aromatic rings. The molecule has 1 aliphatic rings. The molecule has 1 N–H and O–H groups in total. The second-order valence-corrected chi connectivity index (χ2v) is 7.80. The maximum absolute atomic E-state index is 12.7. The molecule has 30 heavy (non-hydrogen) atoms. The molecule has 0 spiro atoms. The van der Waals surface area contributed by atoms with Crippen LogP contribution in [-0.2, 0) is 16.0 Å². The second kappa shape index (κ2) is 8.95. The number of rotatable bonds is 5. The van der Waals surface area contributed by atoms with Crippen LogP contribution in [0.3, 0.4) is 0 Å². The first-order valence-electron chi connectivity index (χ1n) is 10.3. The molecule has 1 fully saturated rings. The maximum Gasteiger partial charge on any atom is 0.228 e. The van der Waals surface area contributed by atoms with Gasteiger partial charge in [0.15, 0.2) is 0 Å². The van der Waals surface area contributed by atoms with E-state index in [1.54, 1.807) is 6.20 Å². The molecule has 1 saturated heterocycles. The van der Waals surface area contributed by atoms with Gasteiger partial charge in [0, 0.05) is 43.3 Å². The summed E-state index contributed by atoms with van der Waals surface area (Å²) >= 11 is 0. The van der Waals surface area contributed by atoms with Crippen molar-refractivity contribution in [3.8, 4) is 5.69 Å². The topological polar surface area (TPSA) is 67.2 Å². The van der Waals surface area contributed by atoms with E-state index < -0.39 is 0 Å². The average Bonchev–Trinajstić information content (AvgIpc) is 3.31. The largest absolute Gasteiger partial charge is 0.342 e. The summed E-state index contributed by atoms with van der Waals surface area (Å²) in [5.41, 5.74) is 3.13. The molecule has 0 bridgehead atoms. The van der Waals surface area contributed by atoms with E-state index in [4.69, 9.17) is 0 Å². The first kappa shape index (κ1) is 19.9. The number of carbonyl (C=O) groups is 2. The van der Waals surface area contributed by atoms with Crippen molar-refractivity contribution in [1.82, 2.24) is 14.5 Å². The Morgan fingerprint density at radius 1 is 1.03 bits per heavy atom. The Kier molecular flexibility index (Phi) is 5.93. The molecule has 3 heterocycles. The number of anilines is 1. The Morgan fingerprint density at radius 3 is 2.37 bits per heavy atom. The van der Waals surface area contributed by atoms with Gasteiger partial charge in [-0.15, -0.1) is 0 Å². The SMILES string of the molecule is Cc1ccc(NC(=O)C2CCN(C(=O)Cc3ccc(-n4cccc4)cc3)CC2)nc1. The van der Waals surface area contributed by atoms with Gasteiger partial charge in [-0.05, 0) is 61.2 Å². The fraction of sp³-hybridized carbons (Fsp3) is 0.292. The number of pyridine rings is 1. The van der Waals surface area contributed by atoms with Gasteiger partial charge >= 0.3 is 0 Å².